The van der Waals surface area contributed by atoms with Crippen LogP contribution in [0.1, 0.15) is 0 Å². The Kier molecular flexibility index (Phi) is 14.8. The predicted molar refractivity (Wildman–Crippen MR) is 245 cm³/mol. The van der Waals surface area contributed by atoms with E-state index in [1.807, 2.05) is 109 Å². The summed E-state index contributed by atoms with van der Waals surface area (Å²) in [5.74, 6) is 2.43. The molecular formula is C49H39Br3N2O3. The van der Waals surface area contributed by atoms with E-state index in [1.54, 1.807) is 21.3 Å². The quantitative estimate of drug-likeness (QED) is 0.142. The zero-order valence-corrected chi connectivity index (χ0v) is 36.3. The van der Waals surface area contributed by atoms with Crippen LogP contribution >= 0.6 is 47.8 Å². The van der Waals surface area contributed by atoms with E-state index >= 15 is 0 Å². The second-order valence-electron chi connectivity index (χ2n) is 12.5. The molecular weight excluding hydrogens is 904 g/mol. The lowest BCUT2D eigenvalue weighted by Gasteiger charge is -2.14. The summed E-state index contributed by atoms with van der Waals surface area (Å²) in [4.78, 5) is 9.05. The van der Waals surface area contributed by atoms with Crippen LogP contribution in [-0.2, 0) is 0 Å². The fourth-order valence-electron chi connectivity index (χ4n) is 6.03. The molecule has 5 nitrogen and oxygen atoms in total. The van der Waals surface area contributed by atoms with E-state index < -0.39 is 0 Å². The topological polar surface area (TPSA) is 53.5 Å². The fourth-order valence-corrected chi connectivity index (χ4v) is 7.50. The minimum Gasteiger partial charge on any atom is -0.496 e. The van der Waals surface area contributed by atoms with Crippen molar-refractivity contribution in [1.82, 2.24) is 9.97 Å². The van der Waals surface area contributed by atoms with E-state index in [9.17, 15) is 0 Å². The zero-order chi connectivity index (χ0) is 40.0. The maximum atomic E-state index is 5.69. The van der Waals surface area contributed by atoms with E-state index in [2.05, 4.69) is 126 Å². The summed E-state index contributed by atoms with van der Waals surface area (Å²) in [6.07, 6.45) is 0. The minimum atomic E-state index is 0.786. The van der Waals surface area contributed by atoms with Gasteiger partial charge in [0, 0.05) is 11.1 Å². The number of hydrogen-bond donors (Lipinski definition) is 0. The molecule has 0 saturated carbocycles. The summed E-state index contributed by atoms with van der Waals surface area (Å²) >= 11 is 9.92. The number of rotatable bonds is 8. The van der Waals surface area contributed by atoms with Crippen LogP contribution in [0.15, 0.2) is 196 Å². The van der Waals surface area contributed by atoms with Gasteiger partial charge in [-0.1, -0.05) is 121 Å². The van der Waals surface area contributed by atoms with E-state index in [4.69, 9.17) is 19.2 Å². The van der Waals surface area contributed by atoms with Gasteiger partial charge in [0.25, 0.3) is 0 Å². The molecule has 0 bridgehead atoms. The van der Waals surface area contributed by atoms with Gasteiger partial charge in [-0.3, -0.25) is 0 Å². The average molecular weight is 944 g/mol. The first-order valence-corrected chi connectivity index (χ1v) is 20.4. The molecule has 0 aliphatic carbocycles. The van der Waals surface area contributed by atoms with Gasteiger partial charge < -0.3 is 14.2 Å². The van der Waals surface area contributed by atoms with Gasteiger partial charge in [0.1, 0.15) is 26.5 Å². The summed E-state index contributed by atoms with van der Waals surface area (Å²) in [6, 6.07) is 61.2. The molecule has 0 N–H and O–H groups in total. The Hall–Kier alpha value is -5.54. The molecule has 8 rings (SSSR count). The Morgan fingerprint density at radius 2 is 0.702 bits per heavy atom. The number of hydrogen-bond acceptors (Lipinski definition) is 5. The Bertz CT molecular complexity index is 2390. The van der Waals surface area contributed by atoms with E-state index in [0.29, 0.717) is 0 Å². The molecule has 284 valence electrons. The van der Waals surface area contributed by atoms with Gasteiger partial charge in [-0.15, -0.1) is 0 Å². The highest BCUT2D eigenvalue weighted by atomic mass is 79.9. The lowest BCUT2D eigenvalue weighted by molar-refractivity contribution is 0.412. The van der Waals surface area contributed by atoms with Crippen molar-refractivity contribution in [3.05, 3.63) is 196 Å². The Morgan fingerprint density at radius 1 is 0.333 bits per heavy atom. The van der Waals surface area contributed by atoms with Crippen LogP contribution in [0, 0.1) is 0 Å². The SMILES string of the molecule is Brc1cccc(Br)n1.COc1ccc(-c2ccccc2)cc1-c1cccc(-c2cc(-c3ccccc3)ccc2OC)n1.COc1ccc(-c2ccccc2)cc1Br. The van der Waals surface area contributed by atoms with Crippen molar-refractivity contribution in [1.29, 1.82) is 0 Å². The third kappa shape index (κ3) is 11.1. The number of methoxy groups -OCH3 is 3. The zero-order valence-electron chi connectivity index (χ0n) is 31.6. The van der Waals surface area contributed by atoms with E-state index in [0.717, 1.165) is 75.7 Å². The number of nitrogens with zero attached hydrogens (tertiary/aromatic N) is 2. The van der Waals surface area contributed by atoms with Gasteiger partial charge in [0.05, 0.1) is 37.2 Å². The normalized spacial score (nSPS) is 10.3. The number of aromatic nitrogens is 2. The molecule has 0 amide bonds. The van der Waals surface area contributed by atoms with Crippen molar-refractivity contribution in [3.8, 4) is 73.1 Å². The standard InChI is InChI=1S/C31H25NO2.C13H11BrO.C5H3Br2N/c1-33-30-18-16-24(22-10-5-3-6-11-22)20-26(30)28-14-9-15-29(32-28)27-21-25(17-19-31(27)34-2)23-12-7-4-8-13-23;1-15-13-8-7-11(9-12(13)14)10-5-3-2-4-6-10;6-4-2-1-3-5(7)8-4/h3-21H,1-2H3;2-9H,1H3;1-3H. The molecule has 8 heteroatoms. The largest absolute Gasteiger partial charge is 0.496 e. The summed E-state index contributed by atoms with van der Waals surface area (Å²) in [6.45, 7) is 0. The van der Waals surface area contributed by atoms with Gasteiger partial charge in [-0.05, 0) is 142 Å². The summed E-state index contributed by atoms with van der Waals surface area (Å²) in [5.41, 5.74) is 10.5. The van der Waals surface area contributed by atoms with Crippen LogP contribution in [-0.4, -0.2) is 31.3 Å². The van der Waals surface area contributed by atoms with Crippen LogP contribution < -0.4 is 14.2 Å². The van der Waals surface area contributed by atoms with Crippen molar-refractivity contribution in [3.63, 3.8) is 0 Å². The Labute approximate surface area is 359 Å². The van der Waals surface area contributed by atoms with Crippen molar-refractivity contribution in [2.75, 3.05) is 21.3 Å². The van der Waals surface area contributed by atoms with Gasteiger partial charge in [-0.25, -0.2) is 9.97 Å². The first-order chi connectivity index (χ1) is 27.9. The van der Waals surface area contributed by atoms with Crippen molar-refractivity contribution in [2.45, 2.75) is 0 Å². The van der Waals surface area contributed by atoms with Crippen molar-refractivity contribution >= 4 is 47.8 Å². The van der Waals surface area contributed by atoms with Crippen LogP contribution in [0.3, 0.4) is 0 Å². The average Bonchev–Trinajstić information content (AvgIpc) is 3.27. The van der Waals surface area contributed by atoms with Gasteiger partial charge in [0.15, 0.2) is 0 Å². The molecule has 2 heterocycles. The molecule has 0 saturated heterocycles. The molecule has 0 unspecified atom stereocenters. The lowest BCUT2D eigenvalue weighted by atomic mass is 9.99. The maximum absolute atomic E-state index is 5.69. The Morgan fingerprint density at radius 3 is 1.05 bits per heavy atom. The molecule has 6 aromatic carbocycles. The maximum Gasteiger partial charge on any atom is 0.133 e. The smallest absolute Gasteiger partial charge is 0.133 e. The van der Waals surface area contributed by atoms with Gasteiger partial charge in [0.2, 0.25) is 0 Å². The van der Waals surface area contributed by atoms with E-state index in [1.165, 1.54) is 11.1 Å². The van der Waals surface area contributed by atoms with Crippen LogP contribution in [0.2, 0.25) is 0 Å². The first-order valence-electron chi connectivity index (χ1n) is 18.0. The minimum absolute atomic E-state index is 0.786. The molecule has 0 aliphatic heterocycles. The fraction of sp³-hybridized carbons (Fsp3) is 0.0612. The number of halogens is 3. The molecule has 8 aromatic rings. The Balaban J connectivity index is 0.000000195. The first kappa shape index (κ1) is 41.1. The summed E-state index contributed by atoms with van der Waals surface area (Å²) in [7, 11) is 5.05. The second-order valence-corrected chi connectivity index (χ2v) is 14.9. The molecule has 0 radical (unpaired) electrons. The second kappa shape index (κ2) is 20.6. The molecule has 0 fully saturated rings. The highest BCUT2D eigenvalue weighted by Gasteiger charge is 2.14. The highest BCUT2D eigenvalue weighted by Crippen LogP contribution is 2.37. The number of benzene rings is 6. The predicted octanol–water partition coefficient (Wildman–Crippen LogP) is 14.5. The van der Waals surface area contributed by atoms with Crippen molar-refractivity contribution in [2.24, 2.45) is 0 Å². The van der Waals surface area contributed by atoms with Crippen LogP contribution in [0.5, 0.6) is 17.2 Å². The summed E-state index contributed by atoms with van der Waals surface area (Å²) < 4.78 is 19.3. The van der Waals surface area contributed by atoms with Crippen LogP contribution in [0.4, 0.5) is 0 Å². The summed E-state index contributed by atoms with van der Waals surface area (Å²) in [5, 5.41) is 0. The van der Waals surface area contributed by atoms with E-state index in [-0.39, 0.29) is 0 Å². The van der Waals surface area contributed by atoms with Gasteiger partial charge in [-0.2, -0.15) is 0 Å². The lowest BCUT2D eigenvalue weighted by Crippen LogP contribution is -1.95. The third-order valence-corrected chi connectivity index (χ3v) is 10.4. The number of pyridine rings is 2. The molecule has 0 spiro atoms. The molecule has 0 atom stereocenters. The molecule has 0 aliphatic rings. The van der Waals surface area contributed by atoms with Crippen molar-refractivity contribution < 1.29 is 14.2 Å². The highest BCUT2D eigenvalue weighted by molar-refractivity contribution is 9.11. The van der Waals surface area contributed by atoms with Crippen LogP contribution in [0.25, 0.3) is 55.9 Å². The third-order valence-electron chi connectivity index (χ3n) is 8.85. The molecule has 2 aromatic heterocycles. The molecule has 57 heavy (non-hydrogen) atoms. The number of ether oxygens (including phenoxy) is 3. The monoisotopic (exact) mass is 940 g/mol. The van der Waals surface area contributed by atoms with Gasteiger partial charge >= 0.3 is 0 Å².